The van der Waals surface area contributed by atoms with E-state index in [1.807, 2.05) is 6.26 Å². The molecule has 0 unspecified atom stereocenters. The predicted molar refractivity (Wildman–Crippen MR) is 67.4 cm³/mol. The first kappa shape index (κ1) is 12.1. The maximum atomic E-state index is 5.87. The van der Waals surface area contributed by atoms with Crippen molar-refractivity contribution in [2.24, 2.45) is 0 Å². The molecule has 2 aromatic heterocycles. The second-order valence-electron chi connectivity index (χ2n) is 3.17. The highest BCUT2D eigenvalue weighted by atomic mass is 35.5. The van der Waals surface area contributed by atoms with Gasteiger partial charge < -0.3 is 5.32 Å². The first-order chi connectivity index (χ1) is 8.28. The number of rotatable bonds is 5. The summed E-state index contributed by atoms with van der Waals surface area (Å²) in [5.41, 5.74) is 0. The number of anilines is 1. The Balaban J connectivity index is 1.92. The summed E-state index contributed by atoms with van der Waals surface area (Å²) in [7, 11) is 0. The maximum Gasteiger partial charge on any atom is 0.190 e. The van der Waals surface area contributed by atoms with Gasteiger partial charge in [0.25, 0.3) is 0 Å². The number of H-pyrrole nitrogens is 1. The van der Waals surface area contributed by atoms with E-state index in [4.69, 9.17) is 11.6 Å². The van der Waals surface area contributed by atoms with Crippen LogP contribution in [0.3, 0.4) is 0 Å². The average Bonchev–Trinajstić information content (AvgIpc) is 2.81. The van der Waals surface area contributed by atoms with Gasteiger partial charge in [-0.05, 0) is 6.26 Å². The van der Waals surface area contributed by atoms with Gasteiger partial charge >= 0.3 is 0 Å². The van der Waals surface area contributed by atoms with E-state index >= 15 is 0 Å². The number of aromatic nitrogens is 5. The largest absolute Gasteiger partial charge is 0.369 e. The topological polar surface area (TPSA) is 79.4 Å². The molecule has 6 nitrogen and oxygen atoms in total. The Kier molecular flexibility index (Phi) is 4.16. The van der Waals surface area contributed by atoms with Crippen LogP contribution in [0.2, 0.25) is 5.15 Å². The van der Waals surface area contributed by atoms with Gasteiger partial charge in [0, 0.05) is 19.0 Å². The zero-order valence-electron chi connectivity index (χ0n) is 9.14. The zero-order chi connectivity index (χ0) is 12.1. The summed E-state index contributed by atoms with van der Waals surface area (Å²) in [5.74, 6) is 1.55. The normalized spacial score (nSPS) is 10.5. The molecule has 0 fully saturated rings. The summed E-state index contributed by atoms with van der Waals surface area (Å²) < 4.78 is 0. The van der Waals surface area contributed by atoms with Crippen LogP contribution in [0.4, 0.5) is 5.82 Å². The lowest BCUT2D eigenvalue weighted by Crippen LogP contribution is -2.08. The molecule has 0 aliphatic carbocycles. The van der Waals surface area contributed by atoms with Gasteiger partial charge in [-0.25, -0.2) is 15.0 Å². The lowest BCUT2D eigenvalue weighted by Gasteiger charge is -2.05. The summed E-state index contributed by atoms with van der Waals surface area (Å²) in [6, 6.07) is 1.70. The van der Waals surface area contributed by atoms with E-state index in [0.717, 1.165) is 12.2 Å². The monoisotopic (exact) mass is 270 g/mol. The minimum atomic E-state index is 0.437. The van der Waals surface area contributed by atoms with Gasteiger partial charge in [-0.3, -0.25) is 5.10 Å². The van der Waals surface area contributed by atoms with Crippen molar-refractivity contribution >= 4 is 29.2 Å². The lowest BCUT2D eigenvalue weighted by atomic mass is 10.4. The summed E-state index contributed by atoms with van der Waals surface area (Å²) in [6.45, 7) is 0.705. The van der Waals surface area contributed by atoms with Crippen LogP contribution in [-0.2, 0) is 6.42 Å². The summed E-state index contributed by atoms with van der Waals surface area (Å²) in [6.07, 6.45) is 4.14. The number of aromatic amines is 1. The number of nitrogens with one attached hydrogen (secondary N) is 2. The first-order valence-corrected chi connectivity index (χ1v) is 6.55. The molecule has 2 N–H and O–H groups in total. The van der Waals surface area contributed by atoms with Crippen molar-refractivity contribution in [2.75, 3.05) is 18.1 Å². The van der Waals surface area contributed by atoms with E-state index in [9.17, 15) is 0 Å². The van der Waals surface area contributed by atoms with E-state index in [2.05, 4.69) is 30.5 Å². The Morgan fingerprint density at radius 1 is 1.47 bits per heavy atom. The van der Waals surface area contributed by atoms with E-state index in [0.29, 0.717) is 22.7 Å². The zero-order valence-corrected chi connectivity index (χ0v) is 10.7. The molecule has 0 bridgehead atoms. The molecule has 0 spiro atoms. The number of nitrogens with zero attached hydrogens (tertiary/aromatic N) is 4. The van der Waals surface area contributed by atoms with Crippen LogP contribution in [-0.4, -0.2) is 37.9 Å². The first-order valence-electron chi connectivity index (χ1n) is 4.94. The Labute approximate surface area is 108 Å². The van der Waals surface area contributed by atoms with Crippen LogP contribution in [0, 0.1) is 0 Å². The van der Waals surface area contributed by atoms with Gasteiger partial charge in [-0.15, -0.1) is 0 Å². The van der Waals surface area contributed by atoms with Gasteiger partial charge in [-0.1, -0.05) is 23.4 Å². The Bertz CT molecular complexity index is 474. The highest BCUT2D eigenvalue weighted by molar-refractivity contribution is 7.98. The molecule has 2 rings (SSSR count). The molecule has 0 amide bonds. The third kappa shape index (κ3) is 3.57. The molecule has 2 aromatic rings. The molecule has 0 saturated heterocycles. The molecule has 0 aliphatic heterocycles. The van der Waals surface area contributed by atoms with Gasteiger partial charge in [0.1, 0.15) is 23.1 Å². The van der Waals surface area contributed by atoms with E-state index in [-0.39, 0.29) is 0 Å². The van der Waals surface area contributed by atoms with Crippen molar-refractivity contribution in [1.29, 1.82) is 0 Å². The fourth-order valence-electron chi connectivity index (χ4n) is 1.24. The van der Waals surface area contributed by atoms with Crippen LogP contribution in [0.15, 0.2) is 17.6 Å². The Hall–Kier alpha value is -1.34. The smallest absolute Gasteiger partial charge is 0.190 e. The second kappa shape index (κ2) is 5.83. The van der Waals surface area contributed by atoms with E-state index in [1.165, 1.54) is 18.1 Å². The quantitative estimate of drug-likeness (QED) is 0.488. The SMILES string of the molecule is CSc1nc(Cl)cc(NCCc2ncn[nH]2)n1. The number of hydrogen-bond donors (Lipinski definition) is 2. The summed E-state index contributed by atoms with van der Waals surface area (Å²) in [5, 5.41) is 10.8. The van der Waals surface area contributed by atoms with E-state index in [1.54, 1.807) is 6.07 Å². The van der Waals surface area contributed by atoms with Crippen molar-refractivity contribution < 1.29 is 0 Å². The van der Waals surface area contributed by atoms with Crippen LogP contribution in [0.1, 0.15) is 5.82 Å². The third-order valence-corrected chi connectivity index (χ3v) is 2.73. The van der Waals surface area contributed by atoms with Gasteiger partial charge in [0.2, 0.25) is 0 Å². The minimum absolute atomic E-state index is 0.437. The lowest BCUT2D eigenvalue weighted by molar-refractivity contribution is 0.886. The van der Waals surface area contributed by atoms with Crippen LogP contribution in [0.5, 0.6) is 0 Å². The second-order valence-corrected chi connectivity index (χ2v) is 4.33. The molecular formula is C9H11ClN6S. The molecule has 0 atom stereocenters. The molecule has 8 heteroatoms. The van der Waals surface area contributed by atoms with Crippen molar-refractivity contribution in [3.8, 4) is 0 Å². The van der Waals surface area contributed by atoms with Crippen molar-refractivity contribution in [1.82, 2.24) is 25.1 Å². The molecule has 90 valence electrons. The standard InChI is InChI=1S/C9H11ClN6S/c1-17-9-14-6(10)4-8(15-9)11-3-2-7-12-5-13-16-7/h4-5H,2-3H2,1H3,(H,11,14,15)(H,12,13,16). The molecule has 0 radical (unpaired) electrons. The molecule has 0 saturated carbocycles. The van der Waals surface area contributed by atoms with Gasteiger partial charge in [-0.2, -0.15) is 5.10 Å². The molecular weight excluding hydrogens is 260 g/mol. The minimum Gasteiger partial charge on any atom is -0.369 e. The highest BCUT2D eigenvalue weighted by Gasteiger charge is 2.02. The molecule has 0 aromatic carbocycles. The predicted octanol–water partition coefficient (Wildman–Crippen LogP) is 1.62. The number of hydrogen-bond acceptors (Lipinski definition) is 6. The fraction of sp³-hybridized carbons (Fsp3) is 0.333. The molecule has 17 heavy (non-hydrogen) atoms. The summed E-state index contributed by atoms with van der Waals surface area (Å²) in [4.78, 5) is 12.4. The Morgan fingerprint density at radius 2 is 2.35 bits per heavy atom. The van der Waals surface area contributed by atoms with E-state index < -0.39 is 0 Å². The third-order valence-electron chi connectivity index (χ3n) is 1.99. The van der Waals surface area contributed by atoms with Crippen molar-refractivity contribution in [3.63, 3.8) is 0 Å². The number of thioether (sulfide) groups is 1. The van der Waals surface area contributed by atoms with Crippen LogP contribution >= 0.6 is 23.4 Å². The molecule has 0 aliphatic rings. The van der Waals surface area contributed by atoms with Crippen molar-refractivity contribution in [2.45, 2.75) is 11.6 Å². The Morgan fingerprint density at radius 3 is 3.06 bits per heavy atom. The summed E-state index contributed by atoms with van der Waals surface area (Å²) >= 11 is 7.33. The average molecular weight is 271 g/mol. The van der Waals surface area contributed by atoms with Gasteiger partial charge in [0.15, 0.2) is 5.16 Å². The van der Waals surface area contributed by atoms with Crippen LogP contribution in [0.25, 0.3) is 0 Å². The van der Waals surface area contributed by atoms with Crippen molar-refractivity contribution in [3.05, 3.63) is 23.4 Å². The maximum absolute atomic E-state index is 5.87. The van der Waals surface area contributed by atoms with Crippen LogP contribution < -0.4 is 5.32 Å². The number of halogens is 1. The molecule has 2 heterocycles. The van der Waals surface area contributed by atoms with Gasteiger partial charge in [0.05, 0.1) is 0 Å². The fourth-order valence-corrected chi connectivity index (χ4v) is 1.85. The highest BCUT2D eigenvalue weighted by Crippen LogP contribution is 2.16.